The molecule has 0 aliphatic carbocycles. The number of hydrogen-bond donors (Lipinski definition) is 2. The van der Waals surface area contributed by atoms with E-state index < -0.39 is 11.7 Å². The summed E-state index contributed by atoms with van der Waals surface area (Å²) in [5.41, 5.74) is 5.76. The summed E-state index contributed by atoms with van der Waals surface area (Å²) >= 11 is 0. The molecule has 0 radical (unpaired) electrons. The number of pyridine rings is 1. The number of amides is 1. The molecule has 0 aromatic carbocycles. The number of halogens is 1. The highest BCUT2D eigenvalue weighted by atomic mass is 19.1. The van der Waals surface area contributed by atoms with Gasteiger partial charge in [-0.2, -0.15) is 0 Å². The van der Waals surface area contributed by atoms with Crippen LogP contribution in [0.5, 0.6) is 0 Å². The molecule has 2 rings (SSSR count). The Balaban J connectivity index is 2.24. The van der Waals surface area contributed by atoms with Crippen molar-refractivity contribution in [2.75, 3.05) is 11.1 Å². The molecule has 2 heterocycles. The molecule has 1 amide bonds. The summed E-state index contributed by atoms with van der Waals surface area (Å²) in [5.74, 6) is -1.26. The van der Waals surface area contributed by atoms with Gasteiger partial charge in [0.2, 0.25) is 0 Å². The summed E-state index contributed by atoms with van der Waals surface area (Å²) in [6.07, 6.45) is 3.48. The van der Waals surface area contributed by atoms with Crippen LogP contribution in [0.25, 0.3) is 0 Å². The van der Waals surface area contributed by atoms with E-state index in [1.165, 1.54) is 12.5 Å². The summed E-state index contributed by atoms with van der Waals surface area (Å²) in [5, 5.41) is 5.82. The first-order valence-corrected chi connectivity index (χ1v) is 4.28. The lowest BCUT2D eigenvalue weighted by Gasteiger charge is -2.04. The predicted octanol–water partition coefficient (Wildman–Crippen LogP) is 1.04. The molecule has 0 atom stereocenters. The van der Waals surface area contributed by atoms with Crippen LogP contribution in [-0.4, -0.2) is 16.0 Å². The summed E-state index contributed by atoms with van der Waals surface area (Å²) in [6.45, 7) is 0. The molecule has 7 heteroatoms. The monoisotopic (exact) mass is 222 g/mol. The minimum absolute atomic E-state index is 0.0406. The van der Waals surface area contributed by atoms with Gasteiger partial charge in [0.05, 0.1) is 18.0 Å². The second-order valence-electron chi connectivity index (χ2n) is 2.95. The molecule has 0 bridgehead atoms. The van der Waals surface area contributed by atoms with E-state index in [0.717, 1.165) is 12.3 Å². The number of hydrogen-bond acceptors (Lipinski definition) is 5. The molecular weight excluding hydrogens is 215 g/mol. The number of nitrogen functional groups attached to an aromatic ring is 1. The minimum Gasteiger partial charge on any atom is -0.383 e. The number of aromatic nitrogens is 2. The fourth-order valence-electron chi connectivity index (χ4n) is 1.10. The van der Waals surface area contributed by atoms with Gasteiger partial charge in [-0.25, -0.2) is 9.37 Å². The van der Waals surface area contributed by atoms with E-state index in [9.17, 15) is 9.18 Å². The maximum Gasteiger partial charge on any atom is 0.259 e. The molecule has 0 saturated heterocycles. The molecule has 0 unspecified atom stereocenters. The fourth-order valence-corrected chi connectivity index (χ4v) is 1.10. The number of carbonyl (C=O) groups is 1. The lowest BCUT2D eigenvalue weighted by atomic mass is 10.2. The third kappa shape index (κ3) is 1.97. The quantitative estimate of drug-likeness (QED) is 0.791. The highest BCUT2D eigenvalue weighted by Crippen LogP contribution is 2.13. The zero-order valence-electron chi connectivity index (χ0n) is 7.98. The highest BCUT2D eigenvalue weighted by Gasteiger charge is 2.12. The lowest BCUT2D eigenvalue weighted by molar-refractivity contribution is 0.102. The average Bonchev–Trinajstić information content (AvgIpc) is 2.74. The Labute approximate surface area is 89.3 Å². The fraction of sp³-hybridized carbons (Fsp3) is 0. The molecule has 0 aliphatic rings. The molecule has 0 saturated carbocycles. The third-order valence-electron chi connectivity index (χ3n) is 1.82. The number of rotatable bonds is 2. The second-order valence-corrected chi connectivity index (χ2v) is 2.95. The first-order chi connectivity index (χ1) is 7.66. The number of carbonyl (C=O) groups excluding carboxylic acids is 1. The molecule has 0 spiro atoms. The number of nitrogens with one attached hydrogen (secondary N) is 1. The van der Waals surface area contributed by atoms with Gasteiger partial charge in [-0.05, 0) is 6.07 Å². The summed E-state index contributed by atoms with van der Waals surface area (Å²) in [6, 6.07) is 1.01. The van der Waals surface area contributed by atoms with Gasteiger partial charge in [0.15, 0.2) is 0 Å². The highest BCUT2D eigenvalue weighted by molar-refractivity contribution is 6.06. The van der Waals surface area contributed by atoms with Gasteiger partial charge in [0.25, 0.3) is 5.91 Å². The van der Waals surface area contributed by atoms with E-state index in [1.807, 2.05) is 0 Å². The van der Waals surface area contributed by atoms with Crippen molar-refractivity contribution in [2.24, 2.45) is 0 Å². The van der Waals surface area contributed by atoms with Crippen molar-refractivity contribution in [3.05, 3.63) is 36.1 Å². The molecule has 2 aromatic heterocycles. The van der Waals surface area contributed by atoms with E-state index >= 15 is 0 Å². The largest absolute Gasteiger partial charge is 0.383 e. The summed E-state index contributed by atoms with van der Waals surface area (Å²) in [4.78, 5) is 15.1. The van der Waals surface area contributed by atoms with Crippen LogP contribution in [0.15, 0.2) is 29.2 Å². The summed E-state index contributed by atoms with van der Waals surface area (Å²) in [7, 11) is 0. The Kier molecular flexibility index (Phi) is 2.50. The van der Waals surface area contributed by atoms with Crippen LogP contribution in [0.3, 0.4) is 0 Å². The Morgan fingerprint density at radius 3 is 3.00 bits per heavy atom. The standard InChI is InChI=1S/C9H7FN4O2/c10-5-1-7(8(11)12-2-5)9(15)14-6-3-13-16-4-6/h1-4H,(H2,11,12)(H,14,15). The zero-order valence-corrected chi connectivity index (χ0v) is 7.98. The van der Waals surface area contributed by atoms with Crippen molar-refractivity contribution in [3.8, 4) is 0 Å². The average molecular weight is 222 g/mol. The Bertz CT molecular complexity index is 512. The Hall–Kier alpha value is -2.44. The van der Waals surface area contributed by atoms with Crippen LogP contribution in [0, 0.1) is 5.82 Å². The van der Waals surface area contributed by atoms with Gasteiger partial charge in [0.1, 0.15) is 23.6 Å². The van der Waals surface area contributed by atoms with Crippen LogP contribution >= 0.6 is 0 Å². The normalized spacial score (nSPS) is 10.1. The van der Waals surface area contributed by atoms with Gasteiger partial charge in [-0.1, -0.05) is 5.16 Å². The van der Waals surface area contributed by atoms with Gasteiger partial charge in [-0.3, -0.25) is 4.79 Å². The minimum atomic E-state index is -0.635. The van der Waals surface area contributed by atoms with Gasteiger partial charge >= 0.3 is 0 Å². The smallest absolute Gasteiger partial charge is 0.259 e. The van der Waals surface area contributed by atoms with Crippen LogP contribution in [0.2, 0.25) is 0 Å². The zero-order chi connectivity index (χ0) is 11.5. The second kappa shape index (κ2) is 3.97. The molecule has 0 aliphatic heterocycles. The topological polar surface area (TPSA) is 94.0 Å². The van der Waals surface area contributed by atoms with Crippen molar-refractivity contribution in [1.29, 1.82) is 0 Å². The number of anilines is 2. The number of nitrogens with two attached hydrogens (primary N) is 1. The molecule has 82 valence electrons. The van der Waals surface area contributed by atoms with Crippen LogP contribution in [0.1, 0.15) is 10.4 Å². The lowest BCUT2D eigenvalue weighted by Crippen LogP contribution is -2.14. The maximum absolute atomic E-state index is 12.9. The van der Waals surface area contributed by atoms with E-state index in [-0.39, 0.29) is 11.4 Å². The Morgan fingerprint density at radius 2 is 2.31 bits per heavy atom. The molecular formula is C9H7FN4O2. The Morgan fingerprint density at radius 1 is 1.50 bits per heavy atom. The summed E-state index contributed by atoms with van der Waals surface area (Å²) < 4.78 is 17.4. The SMILES string of the molecule is Nc1ncc(F)cc1C(=O)Nc1cnoc1. The predicted molar refractivity (Wildman–Crippen MR) is 53.1 cm³/mol. The van der Waals surface area contributed by atoms with Gasteiger partial charge in [0, 0.05) is 0 Å². The van der Waals surface area contributed by atoms with Crippen LogP contribution in [0.4, 0.5) is 15.9 Å². The van der Waals surface area contributed by atoms with Crippen molar-refractivity contribution in [1.82, 2.24) is 10.1 Å². The first-order valence-electron chi connectivity index (χ1n) is 4.28. The van der Waals surface area contributed by atoms with E-state index in [1.54, 1.807) is 0 Å². The molecule has 16 heavy (non-hydrogen) atoms. The van der Waals surface area contributed by atoms with Gasteiger partial charge < -0.3 is 15.6 Å². The molecule has 2 aromatic rings. The maximum atomic E-state index is 12.9. The van der Waals surface area contributed by atoms with Crippen LogP contribution < -0.4 is 11.1 Å². The van der Waals surface area contributed by atoms with Crippen molar-refractivity contribution in [3.63, 3.8) is 0 Å². The van der Waals surface area contributed by atoms with Crippen LogP contribution in [-0.2, 0) is 0 Å². The first kappa shape index (κ1) is 10.1. The molecule has 6 nitrogen and oxygen atoms in total. The van der Waals surface area contributed by atoms with E-state index in [4.69, 9.17) is 5.73 Å². The van der Waals surface area contributed by atoms with Gasteiger partial charge in [-0.15, -0.1) is 0 Å². The molecule has 0 fully saturated rings. The van der Waals surface area contributed by atoms with Crippen molar-refractivity contribution >= 4 is 17.4 Å². The van der Waals surface area contributed by atoms with Crippen molar-refractivity contribution < 1.29 is 13.7 Å². The molecule has 3 N–H and O–H groups in total. The van der Waals surface area contributed by atoms with E-state index in [0.29, 0.717) is 5.69 Å². The van der Waals surface area contributed by atoms with Crippen molar-refractivity contribution in [2.45, 2.75) is 0 Å². The third-order valence-corrected chi connectivity index (χ3v) is 1.82. The number of nitrogens with zero attached hydrogens (tertiary/aromatic N) is 2. The van der Waals surface area contributed by atoms with E-state index in [2.05, 4.69) is 20.0 Å².